The molecule has 0 heterocycles. The van der Waals surface area contributed by atoms with Gasteiger partial charge in [-0.25, -0.2) is 0 Å². The standard InChI is InChI=1S/C17H29NO2/c1-15(2)20-11-10-19-14-17(3,4)13-18-12-16-8-6-5-7-9-16/h5-9,15,18H,10-14H2,1-4H3. The van der Waals surface area contributed by atoms with E-state index in [2.05, 4.69) is 43.4 Å². The van der Waals surface area contributed by atoms with E-state index in [1.54, 1.807) is 0 Å². The third-order valence-electron chi connectivity index (χ3n) is 2.95. The number of benzene rings is 1. The second-order valence-corrected chi connectivity index (χ2v) is 6.23. The van der Waals surface area contributed by atoms with Gasteiger partial charge < -0.3 is 14.8 Å². The Morgan fingerprint density at radius 1 is 1.10 bits per heavy atom. The first-order valence-electron chi connectivity index (χ1n) is 7.43. The fourth-order valence-electron chi connectivity index (χ4n) is 1.88. The second-order valence-electron chi connectivity index (χ2n) is 6.23. The Hall–Kier alpha value is -0.900. The first-order valence-corrected chi connectivity index (χ1v) is 7.43. The third-order valence-corrected chi connectivity index (χ3v) is 2.95. The van der Waals surface area contributed by atoms with Crippen LogP contribution in [0.25, 0.3) is 0 Å². The lowest BCUT2D eigenvalue weighted by Crippen LogP contribution is -2.33. The van der Waals surface area contributed by atoms with E-state index in [0.29, 0.717) is 13.2 Å². The lowest BCUT2D eigenvalue weighted by atomic mass is 9.95. The van der Waals surface area contributed by atoms with Crippen molar-refractivity contribution in [2.45, 2.75) is 40.3 Å². The van der Waals surface area contributed by atoms with Crippen molar-refractivity contribution in [3.05, 3.63) is 35.9 Å². The zero-order valence-electron chi connectivity index (χ0n) is 13.3. The summed E-state index contributed by atoms with van der Waals surface area (Å²) in [6.07, 6.45) is 0.277. The van der Waals surface area contributed by atoms with Crippen LogP contribution in [0.5, 0.6) is 0 Å². The van der Waals surface area contributed by atoms with Crippen LogP contribution in [0.3, 0.4) is 0 Å². The molecular weight excluding hydrogens is 250 g/mol. The van der Waals surface area contributed by atoms with Crippen LogP contribution in [0.1, 0.15) is 33.3 Å². The van der Waals surface area contributed by atoms with Crippen molar-refractivity contribution >= 4 is 0 Å². The van der Waals surface area contributed by atoms with Crippen LogP contribution in [-0.4, -0.2) is 32.5 Å². The summed E-state index contributed by atoms with van der Waals surface area (Å²) in [6, 6.07) is 10.5. The van der Waals surface area contributed by atoms with Crippen LogP contribution in [0.4, 0.5) is 0 Å². The number of hydrogen-bond acceptors (Lipinski definition) is 3. The average molecular weight is 279 g/mol. The average Bonchev–Trinajstić information content (AvgIpc) is 2.39. The Balaban J connectivity index is 2.11. The van der Waals surface area contributed by atoms with Crippen LogP contribution in [0.2, 0.25) is 0 Å². The molecule has 0 spiro atoms. The highest BCUT2D eigenvalue weighted by atomic mass is 16.5. The predicted molar refractivity (Wildman–Crippen MR) is 83.8 cm³/mol. The van der Waals surface area contributed by atoms with Crippen molar-refractivity contribution in [1.82, 2.24) is 5.32 Å². The van der Waals surface area contributed by atoms with Gasteiger partial charge in [-0.2, -0.15) is 0 Å². The highest BCUT2D eigenvalue weighted by molar-refractivity contribution is 5.14. The molecule has 0 saturated heterocycles. The van der Waals surface area contributed by atoms with E-state index in [1.807, 2.05) is 19.9 Å². The van der Waals surface area contributed by atoms with E-state index in [-0.39, 0.29) is 11.5 Å². The van der Waals surface area contributed by atoms with Gasteiger partial charge in [0, 0.05) is 18.5 Å². The van der Waals surface area contributed by atoms with Gasteiger partial charge in [0.15, 0.2) is 0 Å². The zero-order chi connectivity index (χ0) is 14.8. The van der Waals surface area contributed by atoms with Crippen LogP contribution >= 0.6 is 0 Å². The third kappa shape index (κ3) is 8.31. The van der Waals surface area contributed by atoms with E-state index in [0.717, 1.165) is 19.7 Å². The maximum atomic E-state index is 5.69. The van der Waals surface area contributed by atoms with Gasteiger partial charge in [0.2, 0.25) is 0 Å². The predicted octanol–water partition coefficient (Wildman–Crippen LogP) is 3.24. The van der Waals surface area contributed by atoms with E-state index in [9.17, 15) is 0 Å². The Labute approximate surface area is 123 Å². The molecule has 0 aromatic heterocycles. The minimum absolute atomic E-state index is 0.132. The summed E-state index contributed by atoms with van der Waals surface area (Å²) in [4.78, 5) is 0. The van der Waals surface area contributed by atoms with Crippen LogP contribution in [-0.2, 0) is 16.0 Å². The van der Waals surface area contributed by atoms with Crippen molar-refractivity contribution in [1.29, 1.82) is 0 Å². The molecule has 0 radical (unpaired) electrons. The van der Waals surface area contributed by atoms with E-state index in [4.69, 9.17) is 9.47 Å². The summed E-state index contributed by atoms with van der Waals surface area (Å²) >= 11 is 0. The lowest BCUT2D eigenvalue weighted by molar-refractivity contribution is -0.00327. The monoisotopic (exact) mass is 279 g/mol. The van der Waals surface area contributed by atoms with Gasteiger partial charge in [0.25, 0.3) is 0 Å². The zero-order valence-corrected chi connectivity index (χ0v) is 13.3. The van der Waals surface area contributed by atoms with Gasteiger partial charge in [-0.1, -0.05) is 44.2 Å². The molecular formula is C17H29NO2. The Morgan fingerprint density at radius 2 is 1.80 bits per heavy atom. The number of hydrogen-bond donors (Lipinski definition) is 1. The number of nitrogens with one attached hydrogen (secondary N) is 1. The van der Waals surface area contributed by atoms with E-state index < -0.39 is 0 Å². The minimum Gasteiger partial charge on any atom is -0.378 e. The van der Waals surface area contributed by atoms with Crippen molar-refractivity contribution in [2.75, 3.05) is 26.4 Å². The molecule has 0 unspecified atom stereocenters. The van der Waals surface area contributed by atoms with Crippen LogP contribution in [0.15, 0.2) is 30.3 Å². The smallest absolute Gasteiger partial charge is 0.0703 e. The largest absolute Gasteiger partial charge is 0.378 e. The Morgan fingerprint density at radius 3 is 2.45 bits per heavy atom. The Bertz CT molecular complexity index is 349. The molecule has 3 nitrogen and oxygen atoms in total. The fraction of sp³-hybridized carbons (Fsp3) is 0.647. The van der Waals surface area contributed by atoms with E-state index in [1.165, 1.54) is 5.56 Å². The minimum atomic E-state index is 0.132. The molecule has 1 aromatic carbocycles. The number of rotatable bonds is 10. The summed E-state index contributed by atoms with van der Waals surface area (Å²) in [5.41, 5.74) is 1.45. The molecule has 3 heteroatoms. The topological polar surface area (TPSA) is 30.5 Å². The Kier molecular flexibility index (Phi) is 7.82. The first kappa shape index (κ1) is 17.2. The van der Waals surface area contributed by atoms with Crippen molar-refractivity contribution in [2.24, 2.45) is 5.41 Å². The molecule has 114 valence electrons. The number of ether oxygens (including phenoxy) is 2. The van der Waals surface area contributed by atoms with Gasteiger partial charge in [0.05, 0.1) is 25.9 Å². The molecule has 0 aliphatic heterocycles. The van der Waals surface area contributed by atoms with Crippen molar-refractivity contribution < 1.29 is 9.47 Å². The maximum Gasteiger partial charge on any atom is 0.0703 e. The molecule has 1 rings (SSSR count). The lowest BCUT2D eigenvalue weighted by Gasteiger charge is -2.25. The fourth-order valence-corrected chi connectivity index (χ4v) is 1.88. The van der Waals surface area contributed by atoms with Gasteiger partial charge in [0.1, 0.15) is 0 Å². The second kappa shape index (κ2) is 9.11. The highest BCUT2D eigenvalue weighted by Crippen LogP contribution is 2.14. The molecule has 0 bridgehead atoms. The molecule has 0 aliphatic rings. The summed E-state index contributed by atoms with van der Waals surface area (Å²) in [5, 5.41) is 3.49. The summed E-state index contributed by atoms with van der Waals surface area (Å²) in [5.74, 6) is 0. The van der Waals surface area contributed by atoms with Crippen molar-refractivity contribution in [3.63, 3.8) is 0 Å². The summed E-state index contributed by atoms with van der Waals surface area (Å²) in [7, 11) is 0. The highest BCUT2D eigenvalue weighted by Gasteiger charge is 2.17. The van der Waals surface area contributed by atoms with Crippen LogP contribution < -0.4 is 5.32 Å². The molecule has 20 heavy (non-hydrogen) atoms. The SMILES string of the molecule is CC(C)OCCOCC(C)(C)CNCc1ccccc1. The van der Waals surface area contributed by atoms with Gasteiger partial charge in [-0.15, -0.1) is 0 Å². The normalized spacial score (nSPS) is 12.1. The maximum absolute atomic E-state index is 5.69. The van der Waals surface area contributed by atoms with Gasteiger partial charge >= 0.3 is 0 Å². The quantitative estimate of drug-likeness (QED) is 0.667. The molecule has 1 N–H and O–H groups in total. The summed E-state index contributed by atoms with van der Waals surface area (Å²) in [6.45, 7) is 12.4. The first-order chi connectivity index (χ1) is 9.49. The molecule has 0 fully saturated rings. The molecule has 0 atom stereocenters. The van der Waals surface area contributed by atoms with Crippen LogP contribution in [0, 0.1) is 5.41 Å². The van der Waals surface area contributed by atoms with Crippen molar-refractivity contribution in [3.8, 4) is 0 Å². The van der Waals surface area contributed by atoms with Gasteiger partial charge in [-0.05, 0) is 19.4 Å². The summed E-state index contributed by atoms with van der Waals surface area (Å²) < 4.78 is 11.1. The van der Waals surface area contributed by atoms with E-state index >= 15 is 0 Å². The molecule has 1 aromatic rings. The van der Waals surface area contributed by atoms with Gasteiger partial charge in [-0.3, -0.25) is 0 Å². The molecule has 0 amide bonds. The molecule has 0 aliphatic carbocycles. The molecule has 0 saturated carbocycles.